The fraction of sp³-hybridized carbons (Fsp3) is 0.235. The summed E-state index contributed by atoms with van der Waals surface area (Å²) in [6, 6.07) is 8.32. The van der Waals surface area contributed by atoms with Crippen LogP contribution in [0.3, 0.4) is 0 Å². The van der Waals surface area contributed by atoms with Gasteiger partial charge in [-0.1, -0.05) is 48.6 Å². The normalized spacial score (nSPS) is 24.6. The molecule has 1 aromatic rings. The summed E-state index contributed by atoms with van der Waals surface area (Å²) in [5.41, 5.74) is 3.53. The second kappa shape index (κ2) is 4.88. The van der Waals surface area contributed by atoms with Gasteiger partial charge in [-0.05, 0) is 29.5 Å². The Labute approximate surface area is 113 Å². The predicted octanol–water partition coefficient (Wildman–Crippen LogP) is 3.19. The van der Waals surface area contributed by atoms with Crippen LogP contribution in [-0.4, -0.2) is 11.9 Å². The number of rotatable bonds is 2. The van der Waals surface area contributed by atoms with Gasteiger partial charge in [0.2, 0.25) is 5.91 Å². The minimum atomic E-state index is -0.125. The Bertz CT molecular complexity index is 583. The fourth-order valence-electron chi connectivity index (χ4n) is 2.92. The summed E-state index contributed by atoms with van der Waals surface area (Å²) in [5, 5.41) is 3.16. The Kier molecular flexibility index (Phi) is 3.08. The molecular formula is C17H17NO. The summed E-state index contributed by atoms with van der Waals surface area (Å²) in [6.45, 7) is 3.78. The number of fused-ring (bicyclic) bond motifs is 3. The van der Waals surface area contributed by atoms with Crippen molar-refractivity contribution in [3.63, 3.8) is 0 Å². The van der Waals surface area contributed by atoms with Gasteiger partial charge in [0.15, 0.2) is 0 Å². The molecule has 0 aromatic heterocycles. The van der Waals surface area contributed by atoms with Crippen molar-refractivity contribution in [1.29, 1.82) is 0 Å². The van der Waals surface area contributed by atoms with Crippen LogP contribution in [0.1, 0.15) is 29.9 Å². The molecule has 2 nitrogen and oxygen atoms in total. The molecule has 0 bridgehead atoms. The summed E-state index contributed by atoms with van der Waals surface area (Å²) >= 11 is 0. The molecule has 0 saturated carbocycles. The number of nitrogens with one attached hydrogen (secondary N) is 1. The number of benzene rings is 1. The maximum absolute atomic E-state index is 12.4. The molecule has 2 aliphatic rings. The van der Waals surface area contributed by atoms with Gasteiger partial charge in [-0.2, -0.15) is 0 Å². The van der Waals surface area contributed by atoms with E-state index in [4.69, 9.17) is 0 Å². The second-order valence-corrected chi connectivity index (χ2v) is 5.01. The fourth-order valence-corrected chi connectivity index (χ4v) is 2.92. The van der Waals surface area contributed by atoms with Crippen molar-refractivity contribution >= 4 is 11.5 Å². The van der Waals surface area contributed by atoms with Crippen LogP contribution in [0.4, 0.5) is 0 Å². The van der Waals surface area contributed by atoms with E-state index in [-0.39, 0.29) is 17.9 Å². The number of amides is 1. The first-order valence-corrected chi connectivity index (χ1v) is 6.68. The molecular weight excluding hydrogens is 234 g/mol. The smallest absolute Gasteiger partial charge is 0.228 e. The third kappa shape index (κ3) is 2.03. The lowest BCUT2D eigenvalue weighted by molar-refractivity contribution is -0.122. The minimum Gasteiger partial charge on any atom is -0.348 e. The topological polar surface area (TPSA) is 29.1 Å². The Morgan fingerprint density at radius 1 is 1.37 bits per heavy atom. The summed E-state index contributed by atoms with van der Waals surface area (Å²) in [6.07, 6.45) is 9.66. The highest BCUT2D eigenvalue weighted by Crippen LogP contribution is 2.35. The molecule has 2 heteroatoms. The average molecular weight is 251 g/mol. The van der Waals surface area contributed by atoms with E-state index in [1.807, 2.05) is 18.2 Å². The lowest BCUT2D eigenvalue weighted by Gasteiger charge is -2.20. The molecule has 0 fully saturated rings. The lowest BCUT2D eigenvalue weighted by atomic mass is 9.86. The van der Waals surface area contributed by atoms with Crippen LogP contribution in [0.2, 0.25) is 0 Å². The van der Waals surface area contributed by atoms with E-state index in [1.54, 1.807) is 0 Å². The molecule has 19 heavy (non-hydrogen) atoms. The van der Waals surface area contributed by atoms with Gasteiger partial charge in [-0.25, -0.2) is 0 Å². The first-order chi connectivity index (χ1) is 9.31. The minimum absolute atomic E-state index is 0.105. The van der Waals surface area contributed by atoms with Gasteiger partial charge in [0.25, 0.3) is 0 Å². The van der Waals surface area contributed by atoms with E-state index in [0.29, 0.717) is 6.42 Å². The number of carbonyl (C=O) groups is 1. The summed E-state index contributed by atoms with van der Waals surface area (Å²) in [5.74, 6) is -0.0174. The number of hydrogen-bond acceptors (Lipinski definition) is 1. The molecule has 1 aliphatic heterocycles. The Balaban J connectivity index is 2.17. The summed E-state index contributed by atoms with van der Waals surface area (Å²) < 4.78 is 0. The Hall–Kier alpha value is -2.09. The molecule has 2 atom stereocenters. The highest BCUT2D eigenvalue weighted by molar-refractivity contribution is 5.92. The first kappa shape index (κ1) is 12.0. The van der Waals surface area contributed by atoms with E-state index in [9.17, 15) is 4.79 Å². The van der Waals surface area contributed by atoms with E-state index >= 15 is 0 Å². The van der Waals surface area contributed by atoms with Crippen molar-refractivity contribution < 1.29 is 4.79 Å². The van der Waals surface area contributed by atoms with Crippen LogP contribution >= 0.6 is 0 Å². The van der Waals surface area contributed by atoms with Gasteiger partial charge < -0.3 is 5.32 Å². The van der Waals surface area contributed by atoms with Crippen LogP contribution in [0.5, 0.6) is 0 Å². The van der Waals surface area contributed by atoms with Crippen molar-refractivity contribution in [3.8, 4) is 0 Å². The van der Waals surface area contributed by atoms with E-state index in [0.717, 1.165) is 12.0 Å². The molecule has 3 rings (SSSR count). The molecule has 2 unspecified atom stereocenters. The van der Waals surface area contributed by atoms with Crippen LogP contribution < -0.4 is 5.32 Å². The average Bonchev–Trinajstić information content (AvgIpc) is 2.56. The van der Waals surface area contributed by atoms with Gasteiger partial charge in [0.05, 0.1) is 12.0 Å². The van der Waals surface area contributed by atoms with E-state index < -0.39 is 0 Å². The quantitative estimate of drug-likeness (QED) is 0.804. The SMILES string of the molecule is C=CCC1C(=O)NC2CC=CC=C2c2ccccc21. The Morgan fingerprint density at radius 2 is 2.21 bits per heavy atom. The van der Waals surface area contributed by atoms with Gasteiger partial charge in [-0.3, -0.25) is 4.79 Å². The first-order valence-electron chi connectivity index (χ1n) is 6.68. The molecule has 0 radical (unpaired) electrons. The van der Waals surface area contributed by atoms with Crippen molar-refractivity contribution in [2.75, 3.05) is 0 Å². The largest absolute Gasteiger partial charge is 0.348 e. The highest BCUT2D eigenvalue weighted by Gasteiger charge is 2.31. The number of hydrogen-bond donors (Lipinski definition) is 1. The molecule has 1 aliphatic carbocycles. The molecule has 1 heterocycles. The van der Waals surface area contributed by atoms with Crippen molar-refractivity contribution in [3.05, 3.63) is 66.3 Å². The van der Waals surface area contributed by atoms with Crippen molar-refractivity contribution in [2.45, 2.75) is 24.8 Å². The molecule has 0 saturated heterocycles. The van der Waals surface area contributed by atoms with E-state index in [2.05, 4.69) is 42.3 Å². The summed E-state index contributed by atoms with van der Waals surface area (Å²) in [4.78, 5) is 12.4. The Morgan fingerprint density at radius 3 is 3.05 bits per heavy atom. The van der Waals surface area contributed by atoms with Crippen molar-refractivity contribution in [1.82, 2.24) is 5.32 Å². The predicted molar refractivity (Wildman–Crippen MR) is 77.7 cm³/mol. The number of carbonyl (C=O) groups excluding carboxylic acids is 1. The number of allylic oxidation sites excluding steroid dienone is 3. The van der Waals surface area contributed by atoms with Gasteiger partial charge in [0, 0.05) is 0 Å². The molecule has 1 amide bonds. The van der Waals surface area contributed by atoms with Crippen molar-refractivity contribution in [2.24, 2.45) is 0 Å². The van der Waals surface area contributed by atoms with Crippen LogP contribution in [-0.2, 0) is 4.79 Å². The highest BCUT2D eigenvalue weighted by atomic mass is 16.2. The molecule has 1 N–H and O–H groups in total. The molecule has 1 aromatic carbocycles. The maximum Gasteiger partial charge on any atom is 0.228 e. The zero-order valence-corrected chi connectivity index (χ0v) is 10.8. The lowest BCUT2D eigenvalue weighted by Crippen LogP contribution is -2.36. The maximum atomic E-state index is 12.4. The van der Waals surface area contributed by atoms with E-state index in [1.165, 1.54) is 11.1 Å². The molecule has 96 valence electrons. The third-order valence-electron chi connectivity index (χ3n) is 3.84. The van der Waals surface area contributed by atoms with Crippen LogP contribution in [0, 0.1) is 0 Å². The van der Waals surface area contributed by atoms with Gasteiger partial charge in [-0.15, -0.1) is 6.58 Å². The van der Waals surface area contributed by atoms with Crippen LogP contribution in [0.25, 0.3) is 5.57 Å². The standard InChI is InChI=1S/C17H17NO/c1-2-7-15-13-9-4-3-8-12(13)14-10-5-6-11-16(14)18-17(15)19/h2-6,8-10,15-16H,1,7,11H2,(H,18,19). The third-order valence-corrected chi connectivity index (χ3v) is 3.84. The monoisotopic (exact) mass is 251 g/mol. The van der Waals surface area contributed by atoms with Crippen LogP contribution in [0.15, 0.2) is 55.1 Å². The summed E-state index contributed by atoms with van der Waals surface area (Å²) in [7, 11) is 0. The van der Waals surface area contributed by atoms with Gasteiger partial charge >= 0.3 is 0 Å². The zero-order valence-electron chi connectivity index (χ0n) is 10.8. The molecule has 0 spiro atoms. The zero-order chi connectivity index (χ0) is 13.2. The van der Waals surface area contributed by atoms with Gasteiger partial charge in [0.1, 0.15) is 0 Å². The second-order valence-electron chi connectivity index (χ2n) is 5.01.